The lowest BCUT2D eigenvalue weighted by Crippen LogP contribution is -2.16. The average molecular weight is 345 g/mol. The zero-order valence-electron chi connectivity index (χ0n) is 10.3. The van der Waals surface area contributed by atoms with Gasteiger partial charge in [0.2, 0.25) is 0 Å². The maximum absolute atomic E-state index is 6.06. The summed E-state index contributed by atoms with van der Waals surface area (Å²) in [6.07, 6.45) is 0. The molecule has 2 rings (SSSR count). The summed E-state index contributed by atoms with van der Waals surface area (Å²) < 4.78 is 1.08. The van der Waals surface area contributed by atoms with Gasteiger partial charge in [-0.2, -0.15) is 0 Å². The van der Waals surface area contributed by atoms with Crippen LogP contribution in [0.25, 0.3) is 10.4 Å². The highest BCUT2D eigenvalue weighted by Crippen LogP contribution is 2.36. The summed E-state index contributed by atoms with van der Waals surface area (Å²) in [5, 5.41) is 4.19. The van der Waals surface area contributed by atoms with Gasteiger partial charge in [0.05, 0.1) is 0 Å². The zero-order valence-corrected chi connectivity index (χ0v) is 13.5. The number of thiophene rings is 1. The third-order valence-electron chi connectivity index (χ3n) is 2.76. The molecule has 0 saturated heterocycles. The van der Waals surface area contributed by atoms with E-state index in [-0.39, 0.29) is 0 Å². The van der Waals surface area contributed by atoms with Gasteiger partial charge in [0.25, 0.3) is 0 Å². The summed E-state index contributed by atoms with van der Waals surface area (Å²) in [5.74, 6) is 0. The highest BCUT2D eigenvalue weighted by atomic mass is 79.9. The van der Waals surface area contributed by atoms with Crippen LogP contribution in [0.4, 0.5) is 0 Å². The Balaban J connectivity index is 2.32. The van der Waals surface area contributed by atoms with Crippen LogP contribution in [0.1, 0.15) is 24.8 Å². The van der Waals surface area contributed by atoms with Gasteiger partial charge in [0.15, 0.2) is 0 Å². The van der Waals surface area contributed by atoms with Crippen molar-refractivity contribution >= 4 is 38.9 Å². The number of hydrogen-bond acceptors (Lipinski definition) is 2. The third-order valence-corrected chi connectivity index (χ3v) is 4.99. The van der Waals surface area contributed by atoms with E-state index < -0.39 is 0 Å². The molecule has 18 heavy (non-hydrogen) atoms. The first-order valence-electron chi connectivity index (χ1n) is 5.90. The minimum atomic E-state index is 0.395. The molecular formula is C14H15BrClNS. The lowest BCUT2D eigenvalue weighted by molar-refractivity contribution is 0.607. The molecule has 1 aromatic carbocycles. The largest absolute Gasteiger partial charge is 0.310 e. The van der Waals surface area contributed by atoms with E-state index in [1.807, 2.05) is 18.2 Å². The molecule has 0 spiro atoms. The van der Waals surface area contributed by atoms with Crippen molar-refractivity contribution in [2.24, 2.45) is 0 Å². The molecule has 4 heteroatoms. The Labute approximate surface area is 125 Å². The molecule has 1 atom stereocenters. The van der Waals surface area contributed by atoms with Crippen molar-refractivity contribution in [1.29, 1.82) is 0 Å². The van der Waals surface area contributed by atoms with E-state index in [1.165, 1.54) is 9.75 Å². The third kappa shape index (κ3) is 3.15. The van der Waals surface area contributed by atoms with E-state index in [1.54, 1.807) is 11.3 Å². The van der Waals surface area contributed by atoms with Gasteiger partial charge in [-0.3, -0.25) is 0 Å². The molecule has 96 valence electrons. The standard InChI is InChI=1S/C14H15BrClNS/c1-3-17-9(2)13-6-7-14(18-13)11-8-10(16)4-5-12(11)15/h4-9,17H,3H2,1-2H3. The highest BCUT2D eigenvalue weighted by Gasteiger charge is 2.10. The maximum Gasteiger partial charge on any atom is 0.0413 e. The Morgan fingerprint density at radius 1 is 1.33 bits per heavy atom. The van der Waals surface area contributed by atoms with Crippen molar-refractivity contribution < 1.29 is 0 Å². The summed E-state index contributed by atoms with van der Waals surface area (Å²) in [4.78, 5) is 2.59. The van der Waals surface area contributed by atoms with Crippen LogP contribution < -0.4 is 5.32 Å². The number of nitrogens with one attached hydrogen (secondary N) is 1. The molecule has 0 aliphatic rings. The molecule has 1 unspecified atom stereocenters. The summed E-state index contributed by atoms with van der Waals surface area (Å²) in [6, 6.07) is 10.6. The smallest absolute Gasteiger partial charge is 0.0413 e. The van der Waals surface area contributed by atoms with Gasteiger partial charge in [-0.05, 0) is 43.8 Å². The monoisotopic (exact) mass is 343 g/mol. The summed E-state index contributed by atoms with van der Waals surface area (Å²) >= 11 is 11.4. The van der Waals surface area contributed by atoms with Crippen molar-refractivity contribution in [2.75, 3.05) is 6.54 Å². The average Bonchev–Trinajstić information content (AvgIpc) is 2.82. The van der Waals surface area contributed by atoms with Crippen LogP contribution in [-0.2, 0) is 0 Å². The lowest BCUT2D eigenvalue weighted by atomic mass is 10.2. The van der Waals surface area contributed by atoms with Gasteiger partial charge in [-0.15, -0.1) is 11.3 Å². The van der Waals surface area contributed by atoms with E-state index >= 15 is 0 Å². The first-order valence-corrected chi connectivity index (χ1v) is 7.89. The molecular weight excluding hydrogens is 330 g/mol. The summed E-state index contributed by atoms with van der Waals surface area (Å²) in [7, 11) is 0. The fourth-order valence-electron chi connectivity index (χ4n) is 1.82. The molecule has 0 radical (unpaired) electrons. The predicted octanol–water partition coefficient (Wildman–Crippen LogP) is 5.50. The second-order valence-corrected chi connectivity index (χ2v) is 6.51. The Morgan fingerprint density at radius 2 is 2.11 bits per heavy atom. The zero-order chi connectivity index (χ0) is 13.1. The first kappa shape index (κ1) is 14.1. The van der Waals surface area contributed by atoms with E-state index in [0.717, 1.165) is 21.6 Å². The van der Waals surface area contributed by atoms with Crippen LogP contribution in [0.5, 0.6) is 0 Å². The van der Waals surface area contributed by atoms with Gasteiger partial charge in [0.1, 0.15) is 0 Å². The Bertz CT molecular complexity index is 538. The van der Waals surface area contributed by atoms with E-state index in [2.05, 4.69) is 47.2 Å². The fourth-order valence-corrected chi connectivity index (χ4v) is 3.65. The Kier molecular flexibility index (Phi) is 4.84. The number of hydrogen-bond donors (Lipinski definition) is 1. The number of benzene rings is 1. The van der Waals surface area contributed by atoms with Crippen LogP contribution in [-0.4, -0.2) is 6.54 Å². The van der Waals surface area contributed by atoms with Crippen LogP contribution in [0.15, 0.2) is 34.8 Å². The molecule has 0 amide bonds. The first-order chi connectivity index (χ1) is 8.61. The second-order valence-electron chi connectivity index (χ2n) is 4.11. The SMILES string of the molecule is CCNC(C)c1ccc(-c2cc(Cl)ccc2Br)s1. The van der Waals surface area contributed by atoms with Crippen molar-refractivity contribution in [3.63, 3.8) is 0 Å². The number of rotatable bonds is 4. The summed E-state index contributed by atoms with van der Waals surface area (Å²) in [5.41, 5.74) is 1.16. The quantitative estimate of drug-likeness (QED) is 0.772. The Morgan fingerprint density at radius 3 is 2.83 bits per heavy atom. The van der Waals surface area contributed by atoms with Gasteiger partial charge in [-0.1, -0.05) is 34.5 Å². The van der Waals surface area contributed by atoms with Crippen molar-refractivity contribution in [3.05, 3.63) is 44.7 Å². The Hall–Kier alpha value is -0.350. The van der Waals surface area contributed by atoms with E-state index in [4.69, 9.17) is 11.6 Å². The minimum Gasteiger partial charge on any atom is -0.310 e. The van der Waals surface area contributed by atoms with Crippen molar-refractivity contribution in [2.45, 2.75) is 19.9 Å². The molecule has 2 aromatic rings. The molecule has 1 heterocycles. The highest BCUT2D eigenvalue weighted by molar-refractivity contribution is 9.10. The van der Waals surface area contributed by atoms with E-state index in [9.17, 15) is 0 Å². The second kappa shape index (κ2) is 6.20. The van der Waals surface area contributed by atoms with Gasteiger partial charge < -0.3 is 5.32 Å². The molecule has 1 N–H and O–H groups in total. The van der Waals surface area contributed by atoms with E-state index in [0.29, 0.717) is 6.04 Å². The van der Waals surface area contributed by atoms with Crippen LogP contribution >= 0.6 is 38.9 Å². The molecule has 0 fully saturated rings. The lowest BCUT2D eigenvalue weighted by Gasteiger charge is -2.09. The minimum absolute atomic E-state index is 0.395. The van der Waals surface area contributed by atoms with Gasteiger partial charge in [-0.25, -0.2) is 0 Å². The van der Waals surface area contributed by atoms with Gasteiger partial charge in [0, 0.05) is 30.9 Å². The number of halogens is 2. The predicted molar refractivity (Wildman–Crippen MR) is 84.6 cm³/mol. The molecule has 1 nitrogen and oxygen atoms in total. The molecule has 1 aromatic heterocycles. The van der Waals surface area contributed by atoms with Crippen LogP contribution in [0.3, 0.4) is 0 Å². The molecule has 0 aliphatic heterocycles. The van der Waals surface area contributed by atoms with Crippen LogP contribution in [0.2, 0.25) is 5.02 Å². The fraction of sp³-hybridized carbons (Fsp3) is 0.286. The normalized spacial score (nSPS) is 12.7. The molecule has 0 saturated carbocycles. The summed E-state index contributed by atoms with van der Waals surface area (Å²) in [6.45, 7) is 5.29. The van der Waals surface area contributed by atoms with Crippen LogP contribution in [0, 0.1) is 0 Å². The van der Waals surface area contributed by atoms with Crippen molar-refractivity contribution in [1.82, 2.24) is 5.32 Å². The topological polar surface area (TPSA) is 12.0 Å². The molecule has 0 aliphatic carbocycles. The van der Waals surface area contributed by atoms with Crippen molar-refractivity contribution in [3.8, 4) is 10.4 Å². The maximum atomic E-state index is 6.06. The van der Waals surface area contributed by atoms with Gasteiger partial charge >= 0.3 is 0 Å². The molecule has 0 bridgehead atoms.